The van der Waals surface area contributed by atoms with E-state index in [0.717, 1.165) is 11.8 Å². The molecular formula is C17H26N4O4S. The molecule has 0 spiro atoms. The van der Waals surface area contributed by atoms with E-state index in [1.165, 1.54) is 4.31 Å². The molecule has 2 N–H and O–H groups in total. The largest absolute Gasteiger partial charge is 0.354 e. The summed E-state index contributed by atoms with van der Waals surface area (Å²) >= 11 is 0. The molecule has 26 heavy (non-hydrogen) atoms. The molecule has 1 aliphatic rings. The minimum absolute atomic E-state index is 0.0387. The number of urea groups is 1. The van der Waals surface area contributed by atoms with Gasteiger partial charge in [0.25, 0.3) is 0 Å². The quantitative estimate of drug-likeness (QED) is 0.780. The predicted octanol–water partition coefficient (Wildman–Crippen LogP) is 0.541. The molecule has 1 atom stereocenters. The monoisotopic (exact) mass is 382 g/mol. The van der Waals surface area contributed by atoms with Gasteiger partial charge in [-0.15, -0.1) is 0 Å². The molecule has 0 aliphatic carbocycles. The molecule has 9 heteroatoms. The number of sulfonamides is 1. The van der Waals surface area contributed by atoms with E-state index in [1.54, 1.807) is 11.9 Å². The number of benzene rings is 1. The Bertz CT molecular complexity index is 724. The summed E-state index contributed by atoms with van der Waals surface area (Å²) < 4.78 is 26.2. The maximum absolute atomic E-state index is 12.4. The van der Waals surface area contributed by atoms with Crippen molar-refractivity contribution in [3.8, 4) is 0 Å². The number of rotatable bonds is 2. The van der Waals surface area contributed by atoms with Crippen LogP contribution in [0.15, 0.2) is 30.3 Å². The topological polar surface area (TPSA) is 98.8 Å². The molecule has 0 aromatic heterocycles. The van der Waals surface area contributed by atoms with Gasteiger partial charge in [-0.25, -0.2) is 13.2 Å². The third-order valence-electron chi connectivity index (χ3n) is 4.35. The van der Waals surface area contributed by atoms with Crippen molar-refractivity contribution < 1.29 is 18.0 Å². The van der Waals surface area contributed by atoms with E-state index in [9.17, 15) is 18.0 Å². The molecule has 0 bridgehead atoms. The summed E-state index contributed by atoms with van der Waals surface area (Å²) in [6, 6.07) is 8.33. The van der Waals surface area contributed by atoms with Crippen molar-refractivity contribution in [2.75, 3.05) is 39.5 Å². The Morgan fingerprint density at radius 1 is 1.19 bits per heavy atom. The van der Waals surface area contributed by atoms with Crippen LogP contribution in [0.2, 0.25) is 0 Å². The standard InChI is InChI=1S/C17H26N4O4S/c1-18-17(23)20-10-6-11-21(26(2,24)25)15(13-16(22)19-9-12-20)14-7-4-3-5-8-14/h3-5,7-8,15H,6,9-13H2,1-2H3,(H,18,23)(H,19,22). The van der Waals surface area contributed by atoms with Gasteiger partial charge in [0.15, 0.2) is 0 Å². The fourth-order valence-corrected chi connectivity index (χ4v) is 4.20. The molecule has 1 aromatic rings. The molecule has 1 aliphatic heterocycles. The van der Waals surface area contributed by atoms with Crippen molar-refractivity contribution in [3.63, 3.8) is 0 Å². The van der Waals surface area contributed by atoms with Gasteiger partial charge in [-0.2, -0.15) is 4.31 Å². The highest BCUT2D eigenvalue weighted by molar-refractivity contribution is 7.88. The van der Waals surface area contributed by atoms with Crippen molar-refractivity contribution in [1.29, 1.82) is 0 Å². The average molecular weight is 382 g/mol. The van der Waals surface area contributed by atoms with Crippen LogP contribution in [0.4, 0.5) is 4.79 Å². The van der Waals surface area contributed by atoms with E-state index >= 15 is 0 Å². The number of amides is 3. The third kappa shape index (κ3) is 5.43. The van der Waals surface area contributed by atoms with E-state index in [1.807, 2.05) is 30.3 Å². The summed E-state index contributed by atoms with van der Waals surface area (Å²) in [4.78, 5) is 25.9. The first-order chi connectivity index (χ1) is 12.3. The Hall–Kier alpha value is -2.13. The highest BCUT2D eigenvalue weighted by Crippen LogP contribution is 2.27. The van der Waals surface area contributed by atoms with Crippen LogP contribution in [0.1, 0.15) is 24.4 Å². The zero-order chi connectivity index (χ0) is 19.2. The molecule has 8 nitrogen and oxygen atoms in total. The molecule has 1 fully saturated rings. The summed E-state index contributed by atoms with van der Waals surface area (Å²) in [6.07, 6.45) is 1.67. The second-order valence-corrected chi connectivity index (χ2v) is 8.19. The lowest BCUT2D eigenvalue weighted by atomic mass is 10.0. The van der Waals surface area contributed by atoms with Gasteiger partial charge in [-0.3, -0.25) is 4.79 Å². The summed E-state index contributed by atoms with van der Waals surface area (Å²) in [5.74, 6) is -0.244. The van der Waals surface area contributed by atoms with Crippen molar-refractivity contribution in [3.05, 3.63) is 35.9 Å². The van der Waals surface area contributed by atoms with E-state index in [0.29, 0.717) is 26.1 Å². The van der Waals surface area contributed by atoms with Crippen molar-refractivity contribution in [2.24, 2.45) is 0 Å². The lowest BCUT2D eigenvalue weighted by Crippen LogP contribution is -2.43. The fraction of sp³-hybridized carbons (Fsp3) is 0.529. The van der Waals surface area contributed by atoms with Crippen LogP contribution in [-0.2, 0) is 14.8 Å². The summed E-state index contributed by atoms with van der Waals surface area (Å²) in [7, 11) is -1.99. The van der Waals surface area contributed by atoms with Crippen LogP contribution < -0.4 is 10.6 Å². The van der Waals surface area contributed by atoms with Crippen molar-refractivity contribution >= 4 is 22.0 Å². The first-order valence-corrected chi connectivity index (χ1v) is 10.4. The van der Waals surface area contributed by atoms with Crippen LogP contribution in [0.5, 0.6) is 0 Å². The van der Waals surface area contributed by atoms with Gasteiger partial charge in [0, 0.05) is 39.6 Å². The smallest absolute Gasteiger partial charge is 0.317 e. The van der Waals surface area contributed by atoms with Gasteiger partial charge < -0.3 is 15.5 Å². The minimum Gasteiger partial charge on any atom is -0.354 e. The molecule has 2 rings (SSSR count). The average Bonchev–Trinajstić information content (AvgIpc) is 2.64. The second kappa shape index (κ2) is 9.00. The number of hydrogen-bond acceptors (Lipinski definition) is 4. The number of hydrogen-bond donors (Lipinski definition) is 2. The maximum Gasteiger partial charge on any atom is 0.317 e. The molecule has 3 amide bonds. The minimum atomic E-state index is -3.54. The van der Waals surface area contributed by atoms with Crippen LogP contribution in [0.25, 0.3) is 0 Å². The Kier molecular flexibility index (Phi) is 6.98. The van der Waals surface area contributed by atoms with Gasteiger partial charge >= 0.3 is 6.03 Å². The van der Waals surface area contributed by atoms with E-state index in [-0.39, 0.29) is 24.9 Å². The van der Waals surface area contributed by atoms with E-state index in [2.05, 4.69) is 10.6 Å². The second-order valence-electron chi connectivity index (χ2n) is 6.25. The summed E-state index contributed by atoms with van der Waals surface area (Å²) in [6.45, 7) is 1.34. The molecule has 1 unspecified atom stereocenters. The van der Waals surface area contributed by atoms with Gasteiger partial charge in [-0.05, 0) is 12.0 Å². The van der Waals surface area contributed by atoms with Crippen LogP contribution in [0, 0.1) is 0 Å². The van der Waals surface area contributed by atoms with Gasteiger partial charge in [-0.1, -0.05) is 30.3 Å². The first kappa shape index (κ1) is 20.2. The fourth-order valence-electron chi connectivity index (χ4n) is 3.08. The lowest BCUT2D eigenvalue weighted by Gasteiger charge is -2.30. The number of nitrogens with zero attached hydrogens (tertiary/aromatic N) is 2. The van der Waals surface area contributed by atoms with E-state index < -0.39 is 16.1 Å². The normalized spacial score (nSPS) is 20.8. The molecule has 1 aromatic carbocycles. The Morgan fingerprint density at radius 2 is 1.88 bits per heavy atom. The van der Waals surface area contributed by atoms with Gasteiger partial charge in [0.1, 0.15) is 0 Å². The van der Waals surface area contributed by atoms with Crippen LogP contribution in [-0.4, -0.2) is 69.0 Å². The first-order valence-electron chi connectivity index (χ1n) is 8.58. The van der Waals surface area contributed by atoms with Gasteiger partial charge in [0.05, 0.1) is 12.3 Å². The highest BCUT2D eigenvalue weighted by Gasteiger charge is 2.30. The zero-order valence-corrected chi connectivity index (χ0v) is 16.0. The summed E-state index contributed by atoms with van der Waals surface area (Å²) in [5, 5.41) is 5.34. The molecule has 1 heterocycles. The Morgan fingerprint density at radius 3 is 2.50 bits per heavy atom. The third-order valence-corrected chi connectivity index (χ3v) is 5.64. The molecule has 144 valence electrons. The van der Waals surface area contributed by atoms with Crippen LogP contribution in [0.3, 0.4) is 0 Å². The Balaban J connectivity index is 2.32. The van der Waals surface area contributed by atoms with Crippen molar-refractivity contribution in [2.45, 2.75) is 18.9 Å². The molecular weight excluding hydrogens is 356 g/mol. The van der Waals surface area contributed by atoms with Gasteiger partial charge in [0.2, 0.25) is 15.9 Å². The Labute approximate surface area is 154 Å². The van der Waals surface area contributed by atoms with E-state index in [4.69, 9.17) is 0 Å². The van der Waals surface area contributed by atoms with Crippen molar-refractivity contribution in [1.82, 2.24) is 19.8 Å². The van der Waals surface area contributed by atoms with Crippen LogP contribution >= 0.6 is 0 Å². The molecule has 0 radical (unpaired) electrons. The number of carbonyl (C=O) groups is 2. The summed E-state index contributed by atoms with van der Waals surface area (Å²) in [5.41, 5.74) is 0.774. The maximum atomic E-state index is 12.4. The molecule has 0 saturated carbocycles. The SMILES string of the molecule is CNC(=O)N1CCCN(S(C)(=O)=O)C(c2ccccc2)CC(=O)NCC1. The molecule has 1 saturated heterocycles. The highest BCUT2D eigenvalue weighted by atomic mass is 32.2. The number of carbonyl (C=O) groups excluding carboxylic acids is 2. The lowest BCUT2D eigenvalue weighted by molar-refractivity contribution is -0.122. The zero-order valence-electron chi connectivity index (χ0n) is 15.1. The number of nitrogens with one attached hydrogen (secondary N) is 2. The predicted molar refractivity (Wildman–Crippen MR) is 99.0 cm³/mol.